The lowest BCUT2D eigenvalue weighted by Crippen LogP contribution is -2.32. The molecular weight excluding hydrogens is 386 g/mol. The van der Waals surface area contributed by atoms with E-state index >= 15 is 0 Å². The summed E-state index contributed by atoms with van der Waals surface area (Å²) in [5, 5.41) is 14.5. The van der Waals surface area contributed by atoms with Crippen LogP contribution >= 0.6 is 0 Å². The van der Waals surface area contributed by atoms with Gasteiger partial charge in [0.2, 0.25) is 5.91 Å². The van der Waals surface area contributed by atoms with E-state index in [1.165, 1.54) is 0 Å². The lowest BCUT2D eigenvalue weighted by Gasteiger charge is -2.09. The van der Waals surface area contributed by atoms with Crippen LogP contribution in [0.15, 0.2) is 62.4 Å². The van der Waals surface area contributed by atoms with E-state index in [1.807, 2.05) is 36.4 Å². The van der Waals surface area contributed by atoms with Crippen molar-refractivity contribution in [3.63, 3.8) is 0 Å². The van der Waals surface area contributed by atoms with Gasteiger partial charge in [0.1, 0.15) is 11.2 Å². The molecule has 2 aromatic carbocycles. The fraction of sp³-hybridized carbons (Fsp3) is 0.174. The van der Waals surface area contributed by atoms with Gasteiger partial charge < -0.3 is 24.1 Å². The molecular formula is C23H18NO6-. The highest BCUT2D eigenvalue weighted by atomic mass is 16.4. The van der Waals surface area contributed by atoms with Crippen molar-refractivity contribution in [1.82, 2.24) is 5.32 Å². The molecule has 4 aromatic rings. The second kappa shape index (κ2) is 7.87. The van der Waals surface area contributed by atoms with Crippen LogP contribution in [0.3, 0.4) is 0 Å². The number of carbonyl (C=O) groups excluding carboxylic acids is 2. The maximum absolute atomic E-state index is 12.5. The van der Waals surface area contributed by atoms with Crippen molar-refractivity contribution in [3.05, 3.63) is 70.3 Å². The Morgan fingerprint density at radius 2 is 1.83 bits per heavy atom. The van der Waals surface area contributed by atoms with E-state index in [1.54, 1.807) is 19.3 Å². The molecule has 0 fully saturated rings. The van der Waals surface area contributed by atoms with Gasteiger partial charge in [-0.1, -0.05) is 30.3 Å². The highest BCUT2D eigenvalue weighted by molar-refractivity contribution is 6.02. The van der Waals surface area contributed by atoms with Crippen molar-refractivity contribution in [2.45, 2.75) is 19.8 Å². The molecule has 152 valence electrons. The second-order valence-electron chi connectivity index (χ2n) is 7.00. The zero-order valence-electron chi connectivity index (χ0n) is 16.2. The summed E-state index contributed by atoms with van der Waals surface area (Å²) in [4.78, 5) is 35.1. The van der Waals surface area contributed by atoms with Crippen LogP contribution in [0.25, 0.3) is 33.1 Å². The Balaban J connectivity index is 1.74. The molecule has 0 saturated heterocycles. The standard InChI is InChI=1S/C23H19NO6/c1-13-15-9-17-18(14-5-3-2-4-6-14)12-29-19(17)11-20(15)30-23(28)16(13)10-21(25)24-8-7-22(26)27/h2-6,9,11-12H,7-8,10H2,1H3,(H,24,25)(H,26,27)/p-1. The summed E-state index contributed by atoms with van der Waals surface area (Å²) >= 11 is 0. The molecule has 30 heavy (non-hydrogen) atoms. The highest BCUT2D eigenvalue weighted by Gasteiger charge is 2.17. The van der Waals surface area contributed by atoms with Gasteiger partial charge in [-0.15, -0.1) is 0 Å². The maximum atomic E-state index is 12.5. The zero-order valence-corrected chi connectivity index (χ0v) is 16.2. The van der Waals surface area contributed by atoms with Crippen LogP contribution in [0.4, 0.5) is 0 Å². The largest absolute Gasteiger partial charge is 0.550 e. The van der Waals surface area contributed by atoms with E-state index in [0.717, 1.165) is 16.5 Å². The number of benzene rings is 2. The first-order chi connectivity index (χ1) is 14.4. The number of carbonyl (C=O) groups is 2. The van der Waals surface area contributed by atoms with Crippen molar-refractivity contribution in [2.75, 3.05) is 6.54 Å². The molecule has 7 nitrogen and oxygen atoms in total. The minimum absolute atomic E-state index is 0.0603. The molecule has 0 aliphatic carbocycles. The van der Waals surface area contributed by atoms with Crippen LogP contribution in [0.5, 0.6) is 0 Å². The van der Waals surface area contributed by atoms with E-state index in [2.05, 4.69) is 5.32 Å². The molecule has 0 aliphatic heterocycles. The maximum Gasteiger partial charge on any atom is 0.340 e. The van der Waals surface area contributed by atoms with Gasteiger partial charge in [-0.2, -0.15) is 0 Å². The summed E-state index contributed by atoms with van der Waals surface area (Å²) in [6.45, 7) is 1.70. The number of aryl methyl sites for hydroxylation is 1. The third-order valence-electron chi connectivity index (χ3n) is 5.05. The minimum atomic E-state index is -1.25. The van der Waals surface area contributed by atoms with Crippen molar-refractivity contribution >= 4 is 33.8 Å². The van der Waals surface area contributed by atoms with Gasteiger partial charge in [0, 0.05) is 41.3 Å². The van der Waals surface area contributed by atoms with Crippen LogP contribution in [0.1, 0.15) is 17.5 Å². The molecule has 0 bridgehead atoms. The molecule has 4 rings (SSSR count). The fourth-order valence-electron chi connectivity index (χ4n) is 3.48. The number of carboxylic acids is 1. The summed E-state index contributed by atoms with van der Waals surface area (Å²) in [5.41, 5.74) is 3.15. The Hall–Kier alpha value is -3.87. The van der Waals surface area contributed by atoms with Crippen molar-refractivity contribution in [2.24, 2.45) is 0 Å². The number of nitrogens with one attached hydrogen (secondary N) is 1. The highest BCUT2D eigenvalue weighted by Crippen LogP contribution is 2.34. The first-order valence-electron chi connectivity index (χ1n) is 9.43. The molecule has 7 heteroatoms. The third-order valence-corrected chi connectivity index (χ3v) is 5.05. The third kappa shape index (κ3) is 3.69. The molecule has 0 aliphatic rings. The van der Waals surface area contributed by atoms with Crippen molar-refractivity contribution in [1.29, 1.82) is 0 Å². The number of furan rings is 1. The zero-order chi connectivity index (χ0) is 21.3. The average molecular weight is 404 g/mol. The predicted octanol–water partition coefficient (Wildman–Crippen LogP) is 2.31. The Morgan fingerprint density at radius 3 is 2.57 bits per heavy atom. The summed E-state index contributed by atoms with van der Waals surface area (Å²) < 4.78 is 11.1. The monoisotopic (exact) mass is 404 g/mol. The number of amides is 1. The summed E-state index contributed by atoms with van der Waals surface area (Å²) in [6, 6.07) is 13.4. The lowest BCUT2D eigenvalue weighted by molar-refractivity contribution is -0.305. The first kappa shape index (κ1) is 19.4. The molecule has 0 spiro atoms. The summed E-state index contributed by atoms with van der Waals surface area (Å²) in [6.07, 6.45) is 1.17. The quantitative estimate of drug-likeness (QED) is 0.494. The average Bonchev–Trinajstić information content (AvgIpc) is 3.13. The lowest BCUT2D eigenvalue weighted by atomic mass is 9.99. The number of hydrogen-bond acceptors (Lipinski definition) is 6. The molecule has 0 saturated carbocycles. The Bertz CT molecular complexity index is 1320. The Morgan fingerprint density at radius 1 is 1.07 bits per heavy atom. The van der Waals surface area contributed by atoms with Crippen LogP contribution in [-0.4, -0.2) is 18.4 Å². The van der Waals surface area contributed by atoms with E-state index in [0.29, 0.717) is 22.1 Å². The summed E-state index contributed by atoms with van der Waals surface area (Å²) in [5.74, 6) is -1.71. The number of aliphatic carboxylic acids is 1. The smallest absolute Gasteiger partial charge is 0.340 e. The van der Waals surface area contributed by atoms with E-state index in [9.17, 15) is 19.5 Å². The summed E-state index contributed by atoms with van der Waals surface area (Å²) in [7, 11) is 0. The molecule has 2 heterocycles. The van der Waals surface area contributed by atoms with Crippen LogP contribution < -0.4 is 16.0 Å². The molecule has 2 aromatic heterocycles. The van der Waals surface area contributed by atoms with Crippen LogP contribution in [-0.2, 0) is 16.0 Å². The molecule has 0 radical (unpaired) electrons. The van der Waals surface area contributed by atoms with Gasteiger partial charge in [0.05, 0.1) is 18.2 Å². The van der Waals surface area contributed by atoms with Gasteiger partial charge in [0.15, 0.2) is 0 Å². The molecule has 0 unspecified atom stereocenters. The number of fused-ring (bicyclic) bond motifs is 2. The second-order valence-corrected chi connectivity index (χ2v) is 7.00. The van der Waals surface area contributed by atoms with E-state index in [-0.39, 0.29) is 24.9 Å². The van der Waals surface area contributed by atoms with Crippen LogP contribution in [0, 0.1) is 6.92 Å². The molecule has 1 N–H and O–H groups in total. The number of hydrogen-bond donors (Lipinski definition) is 1. The molecule has 1 amide bonds. The van der Waals surface area contributed by atoms with E-state index in [4.69, 9.17) is 8.83 Å². The van der Waals surface area contributed by atoms with Gasteiger partial charge in [-0.05, 0) is 24.1 Å². The van der Waals surface area contributed by atoms with Gasteiger partial charge >= 0.3 is 5.63 Å². The first-order valence-corrected chi connectivity index (χ1v) is 9.43. The van der Waals surface area contributed by atoms with Gasteiger partial charge in [-0.3, -0.25) is 4.79 Å². The van der Waals surface area contributed by atoms with Gasteiger partial charge in [-0.25, -0.2) is 4.79 Å². The Kier molecular flexibility index (Phi) is 5.10. The fourth-order valence-corrected chi connectivity index (χ4v) is 3.48. The minimum Gasteiger partial charge on any atom is -0.550 e. The molecule has 0 atom stereocenters. The van der Waals surface area contributed by atoms with Crippen molar-refractivity contribution in [3.8, 4) is 11.1 Å². The van der Waals surface area contributed by atoms with Crippen molar-refractivity contribution < 1.29 is 23.5 Å². The van der Waals surface area contributed by atoms with Gasteiger partial charge in [0.25, 0.3) is 0 Å². The normalized spacial score (nSPS) is 11.1. The number of rotatable bonds is 6. The Labute approximate surface area is 170 Å². The SMILES string of the molecule is Cc1c(CC(=O)NCCC(=O)[O-])c(=O)oc2cc3occ(-c4ccccc4)c3cc12. The predicted molar refractivity (Wildman–Crippen MR) is 109 cm³/mol. The number of carboxylic acid groups (broad SMARTS) is 1. The topological polar surface area (TPSA) is 113 Å². The van der Waals surface area contributed by atoms with E-state index < -0.39 is 17.5 Å². The van der Waals surface area contributed by atoms with Crippen LogP contribution in [0.2, 0.25) is 0 Å².